The van der Waals surface area contributed by atoms with Crippen molar-refractivity contribution >= 4 is 51.7 Å². The second-order valence-corrected chi connectivity index (χ2v) is 16.6. The highest BCUT2D eigenvalue weighted by Crippen LogP contribution is 2.47. The minimum Gasteiger partial charge on any atom is -0.466 e. The molecule has 3 atom stereocenters. The number of Topliss-reactive ketones (excluding diaryl/α,β-unsaturated/α-hetero) is 1. The summed E-state index contributed by atoms with van der Waals surface area (Å²) < 4.78 is 36.9. The van der Waals surface area contributed by atoms with E-state index < -0.39 is 30.3 Å². The summed E-state index contributed by atoms with van der Waals surface area (Å²) >= 11 is 0. The van der Waals surface area contributed by atoms with Crippen molar-refractivity contribution in [2.75, 3.05) is 13.2 Å². The molecule has 0 amide bonds. The van der Waals surface area contributed by atoms with Crippen molar-refractivity contribution in [2.24, 2.45) is 0 Å². The number of ether oxygens (including phenoxy) is 2. The summed E-state index contributed by atoms with van der Waals surface area (Å²) in [5.41, 5.74) is 8.97. The first-order valence-corrected chi connectivity index (χ1v) is 22.5. The van der Waals surface area contributed by atoms with E-state index in [-0.39, 0.29) is 56.3 Å². The van der Waals surface area contributed by atoms with Gasteiger partial charge in [-0.25, -0.2) is 8.78 Å². The van der Waals surface area contributed by atoms with Crippen LogP contribution in [0.4, 0.5) is 8.78 Å². The number of hydrogen-bond acceptors (Lipinski definition) is 10. The van der Waals surface area contributed by atoms with Gasteiger partial charge in [0.05, 0.1) is 60.4 Å². The van der Waals surface area contributed by atoms with Gasteiger partial charge in [-0.15, -0.1) is 0 Å². The van der Waals surface area contributed by atoms with Crippen molar-refractivity contribution in [2.45, 2.75) is 95.4 Å². The largest absolute Gasteiger partial charge is 0.466 e. The quantitative estimate of drug-likeness (QED) is 0.0561. The third kappa shape index (κ3) is 12.4. The van der Waals surface area contributed by atoms with Crippen molar-refractivity contribution in [3.8, 4) is 22.3 Å². The lowest BCUT2D eigenvalue weighted by Gasteiger charge is -2.16. The molecule has 0 aliphatic heterocycles. The van der Waals surface area contributed by atoms with Crippen LogP contribution in [0, 0.1) is 11.6 Å². The highest BCUT2D eigenvalue weighted by molar-refractivity contribution is 6.01. The molecule has 0 radical (unpaired) electrons. The van der Waals surface area contributed by atoms with Crippen LogP contribution in [0.25, 0.3) is 56.2 Å². The van der Waals surface area contributed by atoms with Gasteiger partial charge in [-0.2, -0.15) is 0 Å². The van der Waals surface area contributed by atoms with Gasteiger partial charge in [-0.3, -0.25) is 24.4 Å². The summed E-state index contributed by atoms with van der Waals surface area (Å²) in [6, 6.07) is 28.4. The highest BCUT2D eigenvalue weighted by Gasteiger charge is 2.31. The molecule has 10 nitrogen and oxygen atoms in total. The molecule has 12 heteroatoms. The van der Waals surface area contributed by atoms with E-state index in [0.717, 1.165) is 92.3 Å². The summed E-state index contributed by atoms with van der Waals surface area (Å²) in [6.45, 7) is 3.84. The van der Waals surface area contributed by atoms with E-state index in [1.165, 1.54) is 24.3 Å². The number of carbonyl (C=O) groups is 3. The Hall–Kier alpha value is -6.47. The lowest BCUT2D eigenvalue weighted by molar-refractivity contribution is -0.147. The SMILES string of the molecule is CCOC(=O)CC(=O)C[C@H](O)/C=C/c1c(C2CC2)nc2ccccc2c1-c1ccc(F)cc1.CCOC(=O)C[C@H](O)C[C@H](O)/C=C/c1c(C2CC2)nc2ccccc2c1-c1ccc(F)cc1. The fraction of sp³-hybridized carbons (Fsp3) is 0.315. The Balaban J connectivity index is 0.000000196. The van der Waals surface area contributed by atoms with Crippen molar-refractivity contribution in [3.63, 3.8) is 0 Å². The number of aromatic nitrogens is 2. The number of benzene rings is 4. The van der Waals surface area contributed by atoms with E-state index in [0.29, 0.717) is 11.8 Å². The topological polar surface area (TPSA) is 156 Å². The molecule has 2 fully saturated rings. The number of ketones is 1. The number of aliphatic hydroxyl groups excluding tert-OH is 3. The Labute approximate surface area is 382 Å². The summed E-state index contributed by atoms with van der Waals surface area (Å²) in [4.78, 5) is 45.0. The van der Waals surface area contributed by atoms with Crippen LogP contribution in [0.15, 0.2) is 109 Å². The molecular formula is C54H54F2N2O8. The van der Waals surface area contributed by atoms with E-state index in [1.807, 2.05) is 54.6 Å². The molecule has 6 aromatic rings. The normalized spacial score (nSPS) is 15.1. The number of nitrogens with zero attached hydrogens (tertiary/aromatic N) is 2. The van der Waals surface area contributed by atoms with E-state index in [9.17, 15) is 38.5 Å². The number of aliphatic hydroxyl groups is 3. The van der Waals surface area contributed by atoms with Crippen molar-refractivity contribution in [1.82, 2.24) is 9.97 Å². The Kier molecular flexibility index (Phi) is 15.9. The van der Waals surface area contributed by atoms with Gasteiger partial charge in [0.25, 0.3) is 0 Å². The van der Waals surface area contributed by atoms with Crippen LogP contribution in [0.2, 0.25) is 0 Å². The number of para-hydroxylation sites is 2. The van der Waals surface area contributed by atoms with Gasteiger partial charge in [-0.1, -0.05) is 85.0 Å². The molecule has 2 aliphatic carbocycles. The number of fused-ring (bicyclic) bond motifs is 2. The molecule has 2 heterocycles. The van der Waals surface area contributed by atoms with Crippen LogP contribution in [0.3, 0.4) is 0 Å². The fourth-order valence-electron chi connectivity index (χ4n) is 8.03. The second-order valence-electron chi connectivity index (χ2n) is 16.6. The average molecular weight is 897 g/mol. The van der Waals surface area contributed by atoms with E-state index in [4.69, 9.17) is 19.4 Å². The third-order valence-corrected chi connectivity index (χ3v) is 11.4. The van der Waals surface area contributed by atoms with E-state index in [2.05, 4.69) is 0 Å². The van der Waals surface area contributed by atoms with Crippen molar-refractivity contribution in [1.29, 1.82) is 0 Å². The van der Waals surface area contributed by atoms with Crippen LogP contribution < -0.4 is 0 Å². The van der Waals surface area contributed by atoms with Gasteiger partial charge in [0.15, 0.2) is 0 Å². The minimum absolute atomic E-state index is 0.0148. The standard InChI is InChI=1S/C27H28FNO4.C27H26FNO4/c2*1-2-33-25(32)16-21(31)15-20(30)13-14-23-26(17-9-11-19(28)12-10-17)22-5-3-4-6-24(22)29-27(23)18-7-8-18/h3-6,9-14,18,20-21,30-31H,2,7-8,15-16H2,1H3;3-6,9-14,18,20,30H,2,7-8,15-16H2,1H3/b2*14-13+/t20-,21-;20-/m11/s1. The molecule has 0 unspecified atom stereocenters. The first kappa shape index (κ1) is 47.5. The summed E-state index contributed by atoms with van der Waals surface area (Å²) in [5, 5.41) is 33.0. The first-order chi connectivity index (χ1) is 31.9. The molecular weight excluding hydrogens is 843 g/mol. The van der Waals surface area contributed by atoms with Gasteiger partial charge >= 0.3 is 11.9 Å². The average Bonchev–Trinajstić information content (AvgIpc) is 4.23. The van der Waals surface area contributed by atoms with Crippen molar-refractivity contribution < 1.29 is 48.0 Å². The number of hydrogen-bond donors (Lipinski definition) is 3. The lowest BCUT2D eigenvalue weighted by Crippen LogP contribution is -2.20. The maximum atomic E-state index is 13.6. The Morgan fingerprint density at radius 2 is 1.06 bits per heavy atom. The second kappa shape index (κ2) is 22.1. The predicted octanol–water partition coefficient (Wildman–Crippen LogP) is 10.2. The number of rotatable bonds is 18. The first-order valence-electron chi connectivity index (χ1n) is 22.5. The molecule has 8 rings (SSSR count). The molecule has 0 spiro atoms. The van der Waals surface area contributed by atoms with Gasteiger partial charge in [0.1, 0.15) is 23.8 Å². The predicted molar refractivity (Wildman–Crippen MR) is 251 cm³/mol. The maximum absolute atomic E-state index is 13.6. The number of pyridine rings is 2. The van der Waals surface area contributed by atoms with Crippen LogP contribution in [0.1, 0.15) is 99.6 Å². The minimum atomic E-state index is -1.05. The third-order valence-electron chi connectivity index (χ3n) is 11.4. The van der Waals surface area contributed by atoms with Gasteiger partial charge in [-0.05, 0) is 87.1 Å². The smallest absolute Gasteiger partial charge is 0.313 e. The Morgan fingerprint density at radius 1 is 0.621 bits per heavy atom. The van der Waals surface area contributed by atoms with Crippen LogP contribution in [0.5, 0.6) is 0 Å². The van der Waals surface area contributed by atoms with Crippen molar-refractivity contribution in [3.05, 3.63) is 143 Å². The zero-order valence-electron chi connectivity index (χ0n) is 37.0. The summed E-state index contributed by atoms with van der Waals surface area (Å²) in [5.74, 6) is -1.41. The van der Waals surface area contributed by atoms with Gasteiger partial charge < -0.3 is 24.8 Å². The van der Waals surface area contributed by atoms with Crippen LogP contribution in [-0.2, 0) is 23.9 Å². The number of esters is 2. The molecule has 342 valence electrons. The molecule has 2 aliphatic rings. The lowest BCUT2D eigenvalue weighted by atomic mass is 9.92. The summed E-state index contributed by atoms with van der Waals surface area (Å²) in [7, 11) is 0. The van der Waals surface area contributed by atoms with E-state index >= 15 is 0 Å². The Morgan fingerprint density at radius 3 is 1.52 bits per heavy atom. The summed E-state index contributed by atoms with van der Waals surface area (Å²) in [6.07, 6.45) is 7.32. The molecule has 0 bridgehead atoms. The highest BCUT2D eigenvalue weighted by atomic mass is 19.1. The van der Waals surface area contributed by atoms with Gasteiger partial charge in [0, 0.05) is 57.7 Å². The molecule has 4 aromatic carbocycles. The maximum Gasteiger partial charge on any atom is 0.313 e. The zero-order valence-corrected chi connectivity index (χ0v) is 37.0. The van der Waals surface area contributed by atoms with Crippen LogP contribution in [-0.4, -0.2) is 74.5 Å². The molecule has 66 heavy (non-hydrogen) atoms. The zero-order chi connectivity index (χ0) is 46.7. The molecule has 2 saturated carbocycles. The Bertz CT molecular complexity index is 2730. The molecule has 2 aromatic heterocycles. The monoisotopic (exact) mass is 896 g/mol. The molecule has 0 saturated heterocycles. The van der Waals surface area contributed by atoms with E-state index in [1.54, 1.807) is 56.3 Å². The van der Waals surface area contributed by atoms with Gasteiger partial charge in [0.2, 0.25) is 0 Å². The van der Waals surface area contributed by atoms with Crippen LogP contribution >= 0.6 is 0 Å². The number of carbonyl (C=O) groups excluding carboxylic acids is 3. The fourth-order valence-corrected chi connectivity index (χ4v) is 8.03. The number of halogens is 2. The molecule has 3 N–H and O–H groups in total.